The standard InChI is InChI=1S/C26H22FN3O3S/c1-18-30-21(17-34-18)16-32-22-5-2-4-19(12-22)8-10-26(31)29-14-20-7-9-25(24(27)13-20)33-23-6-3-11-28-15-23/h2-13,15,17H,14,16H2,1H3,(H,29,31)/b10-8+. The number of nitrogens with zero attached hydrogens (tertiary/aromatic N) is 2. The molecule has 2 aromatic heterocycles. The second-order valence-corrected chi connectivity index (χ2v) is 8.39. The van der Waals surface area contributed by atoms with Gasteiger partial charge in [-0.05, 0) is 60.5 Å². The van der Waals surface area contributed by atoms with Crippen molar-refractivity contribution in [2.75, 3.05) is 0 Å². The van der Waals surface area contributed by atoms with E-state index in [-0.39, 0.29) is 18.2 Å². The molecule has 0 aliphatic rings. The number of pyridine rings is 1. The Balaban J connectivity index is 1.28. The Hall–Kier alpha value is -4.04. The third kappa shape index (κ3) is 6.73. The van der Waals surface area contributed by atoms with Crippen LogP contribution in [-0.4, -0.2) is 15.9 Å². The number of rotatable bonds is 9. The van der Waals surface area contributed by atoms with E-state index < -0.39 is 5.82 Å². The van der Waals surface area contributed by atoms with Crippen LogP contribution in [0.25, 0.3) is 6.08 Å². The molecular formula is C26H22FN3O3S. The van der Waals surface area contributed by atoms with E-state index in [0.29, 0.717) is 23.7 Å². The van der Waals surface area contributed by atoms with Crippen molar-refractivity contribution >= 4 is 23.3 Å². The van der Waals surface area contributed by atoms with Gasteiger partial charge in [0.05, 0.1) is 16.9 Å². The second kappa shape index (κ2) is 11.2. The van der Waals surface area contributed by atoms with Crippen molar-refractivity contribution < 1.29 is 18.7 Å². The predicted molar refractivity (Wildman–Crippen MR) is 129 cm³/mol. The Morgan fingerprint density at radius 1 is 1.15 bits per heavy atom. The van der Waals surface area contributed by atoms with Crippen molar-refractivity contribution in [1.82, 2.24) is 15.3 Å². The van der Waals surface area contributed by atoms with Gasteiger partial charge in [0.15, 0.2) is 11.6 Å². The first kappa shape index (κ1) is 23.1. The van der Waals surface area contributed by atoms with E-state index in [9.17, 15) is 9.18 Å². The summed E-state index contributed by atoms with van der Waals surface area (Å²) in [5.41, 5.74) is 2.33. The molecule has 0 unspecified atom stereocenters. The van der Waals surface area contributed by atoms with Crippen molar-refractivity contribution in [1.29, 1.82) is 0 Å². The van der Waals surface area contributed by atoms with Crippen LogP contribution in [0.2, 0.25) is 0 Å². The van der Waals surface area contributed by atoms with Crippen LogP contribution < -0.4 is 14.8 Å². The fourth-order valence-corrected chi connectivity index (χ4v) is 3.63. The monoisotopic (exact) mass is 475 g/mol. The molecule has 4 rings (SSSR count). The third-order valence-corrected chi connectivity index (χ3v) is 5.49. The van der Waals surface area contributed by atoms with E-state index in [2.05, 4.69) is 15.3 Å². The largest absolute Gasteiger partial charge is 0.487 e. The lowest BCUT2D eigenvalue weighted by molar-refractivity contribution is -0.116. The Morgan fingerprint density at radius 2 is 2.03 bits per heavy atom. The number of hydrogen-bond donors (Lipinski definition) is 1. The Bertz CT molecular complexity index is 1290. The van der Waals surface area contributed by atoms with E-state index in [1.54, 1.807) is 41.8 Å². The molecule has 0 radical (unpaired) electrons. The van der Waals surface area contributed by atoms with Gasteiger partial charge < -0.3 is 14.8 Å². The smallest absolute Gasteiger partial charge is 0.244 e. The van der Waals surface area contributed by atoms with E-state index >= 15 is 0 Å². The number of carbonyl (C=O) groups is 1. The summed E-state index contributed by atoms with van der Waals surface area (Å²) in [6.07, 6.45) is 6.24. The van der Waals surface area contributed by atoms with Crippen molar-refractivity contribution in [3.8, 4) is 17.2 Å². The van der Waals surface area contributed by atoms with Crippen LogP contribution in [0.3, 0.4) is 0 Å². The number of hydrogen-bond acceptors (Lipinski definition) is 6. The highest BCUT2D eigenvalue weighted by Crippen LogP contribution is 2.24. The molecule has 6 nitrogen and oxygen atoms in total. The Labute approximate surface area is 200 Å². The molecule has 0 spiro atoms. The number of ether oxygens (including phenoxy) is 2. The van der Waals surface area contributed by atoms with Crippen molar-refractivity contribution in [3.63, 3.8) is 0 Å². The van der Waals surface area contributed by atoms with Crippen LogP contribution in [0.1, 0.15) is 21.8 Å². The normalized spacial score (nSPS) is 10.9. The molecule has 0 atom stereocenters. The van der Waals surface area contributed by atoms with E-state index in [1.807, 2.05) is 36.6 Å². The molecule has 0 fully saturated rings. The predicted octanol–water partition coefficient (Wildman–Crippen LogP) is 5.69. The molecule has 2 heterocycles. The molecule has 0 aliphatic heterocycles. The summed E-state index contributed by atoms with van der Waals surface area (Å²) in [6, 6.07) is 15.4. The number of nitrogens with one attached hydrogen (secondary N) is 1. The van der Waals surface area contributed by atoms with Crippen LogP contribution in [-0.2, 0) is 17.9 Å². The molecule has 1 amide bonds. The highest BCUT2D eigenvalue weighted by Gasteiger charge is 2.07. The zero-order valence-electron chi connectivity index (χ0n) is 18.4. The van der Waals surface area contributed by atoms with Crippen molar-refractivity contribution in [2.24, 2.45) is 0 Å². The van der Waals surface area contributed by atoms with Gasteiger partial charge >= 0.3 is 0 Å². The van der Waals surface area contributed by atoms with Gasteiger partial charge in [0, 0.05) is 24.2 Å². The van der Waals surface area contributed by atoms with Crippen molar-refractivity contribution in [3.05, 3.63) is 106 Å². The minimum atomic E-state index is -0.518. The summed E-state index contributed by atoms with van der Waals surface area (Å²) in [4.78, 5) is 20.5. The second-order valence-electron chi connectivity index (χ2n) is 7.33. The maximum atomic E-state index is 14.4. The number of benzene rings is 2. The van der Waals surface area contributed by atoms with Crippen LogP contribution in [0.5, 0.6) is 17.2 Å². The minimum absolute atomic E-state index is 0.0926. The van der Waals surface area contributed by atoms with E-state index in [1.165, 1.54) is 24.4 Å². The molecule has 8 heteroatoms. The quantitative estimate of drug-likeness (QED) is 0.315. The molecular weight excluding hydrogens is 453 g/mol. The summed E-state index contributed by atoms with van der Waals surface area (Å²) >= 11 is 1.58. The Morgan fingerprint density at radius 3 is 2.79 bits per heavy atom. The van der Waals surface area contributed by atoms with Gasteiger partial charge in [0.2, 0.25) is 5.91 Å². The zero-order valence-corrected chi connectivity index (χ0v) is 19.2. The fourth-order valence-electron chi connectivity index (χ4n) is 3.03. The SMILES string of the molecule is Cc1nc(COc2cccc(/C=C/C(=O)NCc3ccc(Oc4cccnc4)c(F)c3)c2)cs1. The molecule has 0 aliphatic carbocycles. The van der Waals surface area contributed by atoms with E-state index in [4.69, 9.17) is 9.47 Å². The first-order valence-electron chi connectivity index (χ1n) is 10.5. The fraction of sp³-hybridized carbons (Fsp3) is 0.115. The van der Waals surface area contributed by atoms with Crippen LogP contribution >= 0.6 is 11.3 Å². The molecule has 1 N–H and O–H groups in total. The summed E-state index contributed by atoms with van der Waals surface area (Å²) in [5, 5.41) is 5.71. The topological polar surface area (TPSA) is 73.3 Å². The lowest BCUT2D eigenvalue weighted by Gasteiger charge is -2.08. The summed E-state index contributed by atoms with van der Waals surface area (Å²) in [7, 11) is 0. The highest BCUT2D eigenvalue weighted by molar-refractivity contribution is 7.09. The molecule has 172 valence electrons. The summed E-state index contributed by atoms with van der Waals surface area (Å²) < 4.78 is 25.6. The number of amides is 1. The van der Waals surface area contributed by atoms with Gasteiger partial charge in [-0.3, -0.25) is 9.78 Å². The maximum absolute atomic E-state index is 14.4. The molecule has 2 aromatic carbocycles. The lowest BCUT2D eigenvalue weighted by Crippen LogP contribution is -2.20. The van der Waals surface area contributed by atoms with Gasteiger partial charge in [-0.15, -0.1) is 11.3 Å². The molecule has 0 saturated carbocycles. The van der Waals surface area contributed by atoms with Crippen LogP contribution in [0.15, 0.2) is 78.4 Å². The third-order valence-electron chi connectivity index (χ3n) is 4.66. The lowest BCUT2D eigenvalue weighted by atomic mass is 10.2. The molecule has 4 aromatic rings. The van der Waals surface area contributed by atoms with Gasteiger partial charge in [0.25, 0.3) is 0 Å². The first-order chi connectivity index (χ1) is 16.5. The van der Waals surface area contributed by atoms with E-state index in [0.717, 1.165) is 16.3 Å². The van der Waals surface area contributed by atoms with Gasteiger partial charge in [-0.1, -0.05) is 18.2 Å². The van der Waals surface area contributed by atoms with Gasteiger partial charge in [0.1, 0.15) is 18.1 Å². The van der Waals surface area contributed by atoms with Crippen molar-refractivity contribution in [2.45, 2.75) is 20.1 Å². The van der Waals surface area contributed by atoms with Crippen LogP contribution in [0.4, 0.5) is 4.39 Å². The van der Waals surface area contributed by atoms with Crippen LogP contribution in [0, 0.1) is 12.7 Å². The number of aromatic nitrogens is 2. The maximum Gasteiger partial charge on any atom is 0.244 e. The minimum Gasteiger partial charge on any atom is -0.487 e. The number of thiazole rings is 1. The average molecular weight is 476 g/mol. The number of carbonyl (C=O) groups excluding carboxylic acids is 1. The molecule has 0 bridgehead atoms. The average Bonchev–Trinajstić information content (AvgIpc) is 3.27. The first-order valence-corrected chi connectivity index (χ1v) is 11.4. The summed E-state index contributed by atoms with van der Waals surface area (Å²) in [6.45, 7) is 2.53. The zero-order chi connectivity index (χ0) is 23.8. The molecule has 0 saturated heterocycles. The summed E-state index contributed by atoms with van der Waals surface area (Å²) in [5.74, 6) is 0.420. The molecule has 34 heavy (non-hydrogen) atoms. The number of halogens is 1. The Kier molecular flexibility index (Phi) is 7.62. The van der Waals surface area contributed by atoms with Gasteiger partial charge in [-0.2, -0.15) is 0 Å². The highest BCUT2D eigenvalue weighted by atomic mass is 32.1. The number of aryl methyl sites for hydroxylation is 1. The van der Waals surface area contributed by atoms with Gasteiger partial charge in [-0.25, -0.2) is 9.37 Å².